The van der Waals surface area contributed by atoms with Crippen LogP contribution in [0.5, 0.6) is 0 Å². The minimum absolute atomic E-state index is 0.0504. The Morgan fingerprint density at radius 1 is 1.05 bits per heavy atom. The van der Waals surface area contributed by atoms with Crippen molar-refractivity contribution in [3.63, 3.8) is 0 Å². The van der Waals surface area contributed by atoms with Crippen molar-refractivity contribution in [2.45, 2.75) is 13.8 Å². The molecule has 0 fully saturated rings. The summed E-state index contributed by atoms with van der Waals surface area (Å²) in [5, 5.41) is 10.8. The molecule has 5 heteroatoms. The molecule has 104 valence electrons. The summed E-state index contributed by atoms with van der Waals surface area (Å²) >= 11 is 0. The third kappa shape index (κ3) is 2.45. The van der Waals surface area contributed by atoms with Crippen LogP contribution in [0.4, 0.5) is 5.69 Å². The van der Waals surface area contributed by atoms with E-state index in [1.165, 1.54) is 17.7 Å². The van der Waals surface area contributed by atoms with Crippen molar-refractivity contribution in [3.8, 4) is 11.3 Å². The van der Waals surface area contributed by atoms with Crippen molar-refractivity contribution < 1.29 is 4.92 Å². The molecule has 0 aliphatic heterocycles. The van der Waals surface area contributed by atoms with Crippen molar-refractivity contribution in [2.24, 2.45) is 0 Å². The van der Waals surface area contributed by atoms with Crippen molar-refractivity contribution in [2.75, 3.05) is 0 Å². The molecule has 3 aromatic rings. The van der Waals surface area contributed by atoms with E-state index < -0.39 is 4.92 Å². The quantitative estimate of drug-likeness (QED) is 0.528. The van der Waals surface area contributed by atoms with E-state index in [0.29, 0.717) is 11.3 Å². The molecule has 0 aliphatic carbocycles. The molecule has 5 nitrogen and oxygen atoms in total. The van der Waals surface area contributed by atoms with Gasteiger partial charge in [-0.25, -0.2) is 4.98 Å². The Morgan fingerprint density at radius 2 is 1.76 bits per heavy atom. The van der Waals surface area contributed by atoms with Crippen LogP contribution in [0.25, 0.3) is 22.3 Å². The molecule has 0 spiro atoms. The molecule has 21 heavy (non-hydrogen) atoms. The summed E-state index contributed by atoms with van der Waals surface area (Å²) in [5.74, 6) is 0. The summed E-state index contributed by atoms with van der Waals surface area (Å²) in [6, 6.07) is 10.4. The summed E-state index contributed by atoms with van der Waals surface area (Å²) in [5.41, 5.74) is 5.31. The summed E-state index contributed by atoms with van der Waals surface area (Å²) in [6.45, 7) is 4.06. The third-order valence-corrected chi connectivity index (χ3v) is 3.51. The van der Waals surface area contributed by atoms with Crippen LogP contribution in [0.15, 0.2) is 42.6 Å². The Bertz CT molecular complexity index is 859. The lowest BCUT2D eigenvalue weighted by Gasteiger charge is -2.05. The zero-order valence-electron chi connectivity index (χ0n) is 11.7. The molecule has 0 saturated heterocycles. The van der Waals surface area contributed by atoms with Crippen LogP contribution in [-0.2, 0) is 0 Å². The van der Waals surface area contributed by atoms with E-state index in [1.54, 1.807) is 18.3 Å². The maximum atomic E-state index is 10.8. The summed E-state index contributed by atoms with van der Waals surface area (Å²) in [4.78, 5) is 19.4. The van der Waals surface area contributed by atoms with E-state index >= 15 is 0 Å². The second-order valence-corrected chi connectivity index (χ2v) is 4.99. The number of aryl methyl sites for hydroxylation is 2. The van der Waals surface area contributed by atoms with Crippen LogP contribution in [-0.4, -0.2) is 14.9 Å². The van der Waals surface area contributed by atoms with E-state index in [-0.39, 0.29) is 5.69 Å². The third-order valence-electron chi connectivity index (χ3n) is 3.51. The van der Waals surface area contributed by atoms with E-state index in [9.17, 15) is 10.1 Å². The second-order valence-electron chi connectivity index (χ2n) is 4.99. The van der Waals surface area contributed by atoms with Gasteiger partial charge < -0.3 is 0 Å². The van der Waals surface area contributed by atoms with Crippen LogP contribution >= 0.6 is 0 Å². The number of fused-ring (bicyclic) bond motifs is 1. The standard InChI is InChI=1S/C16H13N3O2/c1-10-6-14-15(7-11(10)2)18-16(9-17-14)12-4-3-5-13(8-12)19(20)21/h3-9H,1-2H3. The molecule has 0 bridgehead atoms. The molecular formula is C16H13N3O2. The van der Waals surface area contributed by atoms with Gasteiger partial charge in [0, 0.05) is 17.7 Å². The summed E-state index contributed by atoms with van der Waals surface area (Å²) in [6.07, 6.45) is 1.65. The second kappa shape index (κ2) is 4.94. The first-order valence-corrected chi connectivity index (χ1v) is 6.53. The minimum atomic E-state index is -0.411. The number of non-ortho nitro benzene ring substituents is 1. The van der Waals surface area contributed by atoms with Gasteiger partial charge in [0.05, 0.1) is 27.8 Å². The number of hydrogen-bond acceptors (Lipinski definition) is 4. The fourth-order valence-electron chi connectivity index (χ4n) is 2.19. The van der Waals surface area contributed by atoms with Crippen molar-refractivity contribution >= 4 is 16.7 Å². The van der Waals surface area contributed by atoms with Gasteiger partial charge in [-0.05, 0) is 37.1 Å². The molecule has 1 heterocycles. The van der Waals surface area contributed by atoms with E-state index in [4.69, 9.17) is 0 Å². The Kier molecular flexibility index (Phi) is 3.10. The maximum Gasteiger partial charge on any atom is 0.270 e. The number of nitro groups is 1. The number of aromatic nitrogens is 2. The average molecular weight is 279 g/mol. The number of benzene rings is 2. The average Bonchev–Trinajstić information content (AvgIpc) is 2.48. The topological polar surface area (TPSA) is 68.9 Å². The molecule has 0 amide bonds. The smallest absolute Gasteiger partial charge is 0.258 e. The van der Waals surface area contributed by atoms with E-state index in [0.717, 1.165) is 16.6 Å². The van der Waals surface area contributed by atoms with Crippen molar-refractivity contribution in [1.82, 2.24) is 9.97 Å². The molecule has 2 aromatic carbocycles. The Labute approximate surface area is 121 Å². The van der Waals surface area contributed by atoms with E-state index in [2.05, 4.69) is 9.97 Å². The lowest BCUT2D eigenvalue weighted by Crippen LogP contribution is -1.92. The van der Waals surface area contributed by atoms with Gasteiger partial charge in [0.1, 0.15) is 0 Å². The van der Waals surface area contributed by atoms with Gasteiger partial charge in [0.2, 0.25) is 0 Å². The zero-order valence-corrected chi connectivity index (χ0v) is 11.7. The Balaban J connectivity index is 2.14. The molecule has 0 aliphatic rings. The fourth-order valence-corrected chi connectivity index (χ4v) is 2.19. The maximum absolute atomic E-state index is 10.8. The molecule has 0 radical (unpaired) electrons. The monoisotopic (exact) mass is 279 g/mol. The first-order chi connectivity index (χ1) is 10.0. The van der Waals surface area contributed by atoms with Crippen molar-refractivity contribution in [3.05, 3.63) is 63.8 Å². The van der Waals surface area contributed by atoms with Crippen LogP contribution in [0, 0.1) is 24.0 Å². The fraction of sp³-hybridized carbons (Fsp3) is 0.125. The highest BCUT2D eigenvalue weighted by Gasteiger charge is 2.09. The zero-order chi connectivity index (χ0) is 15.0. The predicted octanol–water partition coefficient (Wildman–Crippen LogP) is 3.82. The molecule has 3 rings (SSSR count). The van der Waals surface area contributed by atoms with Gasteiger partial charge in [-0.2, -0.15) is 0 Å². The van der Waals surface area contributed by atoms with Crippen LogP contribution in [0.3, 0.4) is 0 Å². The largest absolute Gasteiger partial charge is 0.270 e. The molecule has 0 unspecified atom stereocenters. The molecule has 0 saturated carbocycles. The number of nitro benzene ring substituents is 1. The Morgan fingerprint density at radius 3 is 2.48 bits per heavy atom. The molecule has 0 N–H and O–H groups in total. The normalized spacial score (nSPS) is 10.8. The highest BCUT2D eigenvalue weighted by molar-refractivity contribution is 5.79. The summed E-state index contributed by atoms with van der Waals surface area (Å²) < 4.78 is 0. The number of rotatable bonds is 2. The first-order valence-electron chi connectivity index (χ1n) is 6.53. The SMILES string of the molecule is Cc1cc2ncc(-c3cccc([N+](=O)[O-])c3)nc2cc1C. The van der Waals surface area contributed by atoms with Gasteiger partial charge in [0.25, 0.3) is 5.69 Å². The van der Waals surface area contributed by atoms with Crippen LogP contribution < -0.4 is 0 Å². The Hall–Kier alpha value is -2.82. The van der Waals surface area contributed by atoms with E-state index in [1.807, 2.05) is 26.0 Å². The molecule has 0 atom stereocenters. The number of nitrogens with zero attached hydrogens (tertiary/aromatic N) is 3. The van der Waals surface area contributed by atoms with Gasteiger partial charge >= 0.3 is 0 Å². The van der Waals surface area contributed by atoms with Gasteiger partial charge in [-0.15, -0.1) is 0 Å². The number of hydrogen-bond donors (Lipinski definition) is 0. The molecule has 1 aromatic heterocycles. The highest BCUT2D eigenvalue weighted by Crippen LogP contribution is 2.24. The lowest BCUT2D eigenvalue weighted by molar-refractivity contribution is -0.384. The van der Waals surface area contributed by atoms with Crippen LogP contribution in [0.1, 0.15) is 11.1 Å². The summed E-state index contributed by atoms with van der Waals surface area (Å²) in [7, 11) is 0. The van der Waals surface area contributed by atoms with Crippen molar-refractivity contribution in [1.29, 1.82) is 0 Å². The minimum Gasteiger partial charge on any atom is -0.258 e. The van der Waals surface area contributed by atoms with Crippen LogP contribution in [0.2, 0.25) is 0 Å². The van der Waals surface area contributed by atoms with Gasteiger partial charge in [-0.1, -0.05) is 12.1 Å². The lowest BCUT2D eigenvalue weighted by atomic mass is 10.1. The van der Waals surface area contributed by atoms with Gasteiger partial charge in [-0.3, -0.25) is 15.1 Å². The highest BCUT2D eigenvalue weighted by atomic mass is 16.6. The van der Waals surface area contributed by atoms with Gasteiger partial charge in [0.15, 0.2) is 0 Å². The molecular weight excluding hydrogens is 266 g/mol. The predicted molar refractivity (Wildman–Crippen MR) is 81.1 cm³/mol. The first kappa shape index (κ1) is 13.2.